The minimum absolute atomic E-state index is 0.0869. The molecule has 0 aliphatic rings. The Balaban J connectivity index is 2.05. The van der Waals surface area contributed by atoms with Crippen molar-refractivity contribution in [2.24, 2.45) is 5.73 Å². The van der Waals surface area contributed by atoms with Crippen molar-refractivity contribution >= 4 is 0 Å². The van der Waals surface area contributed by atoms with Crippen LogP contribution in [0.4, 0.5) is 0 Å². The molecule has 0 saturated carbocycles. The van der Waals surface area contributed by atoms with Gasteiger partial charge < -0.3 is 5.73 Å². The Morgan fingerprint density at radius 3 is 2.65 bits per heavy atom. The van der Waals surface area contributed by atoms with Crippen LogP contribution in [0.25, 0.3) is 0 Å². The predicted molar refractivity (Wildman–Crippen MR) is 68.5 cm³/mol. The molecule has 0 aromatic carbocycles. The van der Waals surface area contributed by atoms with Gasteiger partial charge in [-0.15, -0.1) is 0 Å². The summed E-state index contributed by atoms with van der Waals surface area (Å²) in [6, 6.07) is 9.86. The molecule has 2 heterocycles. The van der Waals surface area contributed by atoms with Crippen LogP contribution in [0.5, 0.6) is 0 Å². The molecule has 0 radical (unpaired) electrons. The molecule has 0 saturated heterocycles. The summed E-state index contributed by atoms with van der Waals surface area (Å²) in [6.07, 6.45) is 5.42. The highest BCUT2D eigenvalue weighted by molar-refractivity contribution is 5.17. The van der Waals surface area contributed by atoms with Crippen LogP contribution in [-0.2, 0) is 12.8 Å². The second kappa shape index (κ2) is 5.55. The molecular weight excluding hydrogens is 210 g/mol. The van der Waals surface area contributed by atoms with E-state index in [0.717, 1.165) is 24.2 Å². The van der Waals surface area contributed by atoms with E-state index in [9.17, 15) is 0 Å². The molecule has 1 atom stereocenters. The van der Waals surface area contributed by atoms with Crippen molar-refractivity contribution < 1.29 is 0 Å². The fourth-order valence-corrected chi connectivity index (χ4v) is 1.71. The summed E-state index contributed by atoms with van der Waals surface area (Å²) in [6.45, 7) is 2.12. The van der Waals surface area contributed by atoms with E-state index >= 15 is 0 Å². The van der Waals surface area contributed by atoms with Gasteiger partial charge in [0.2, 0.25) is 0 Å². The van der Waals surface area contributed by atoms with Crippen molar-refractivity contribution in [3.63, 3.8) is 0 Å². The smallest absolute Gasteiger partial charge is 0.0574 e. The van der Waals surface area contributed by atoms with E-state index in [-0.39, 0.29) is 6.04 Å². The minimum atomic E-state index is -0.0869. The number of pyridine rings is 2. The van der Waals surface area contributed by atoms with E-state index < -0.39 is 0 Å². The van der Waals surface area contributed by atoms with Crippen LogP contribution in [0.3, 0.4) is 0 Å². The SMILES string of the molecule is CCc1ccc(CC(N)c2ccccn2)nc1. The lowest BCUT2D eigenvalue weighted by Crippen LogP contribution is -2.15. The summed E-state index contributed by atoms with van der Waals surface area (Å²) in [7, 11) is 0. The van der Waals surface area contributed by atoms with Crippen LogP contribution < -0.4 is 5.73 Å². The van der Waals surface area contributed by atoms with Crippen LogP contribution in [0.15, 0.2) is 42.7 Å². The molecule has 3 nitrogen and oxygen atoms in total. The number of hydrogen-bond acceptors (Lipinski definition) is 3. The van der Waals surface area contributed by atoms with Crippen molar-refractivity contribution in [2.45, 2.75) is 25.8 Å². The molecule has 2 aromatic heterocycles. The molecule has 2 aromatic rings. The molecule has 3 heteroatoms. The quantitative estimate of drug-likeness (QED) is 0.871. The molecule has 0 aliphatic carbocycles. The highest BCUT2D eigenvalue weighted by atomic mass is 14.8. The highest BCUT2D eigenvalue weighted by Crippen LogP contribution is 2.12. The summed E-state index contributed by atoms with van der Waals surface area (Å²) < 4.78 is 0. The Hall–Kier alpha value is -1.74. The summed E-state index contributed by atoms with van der Waals surface area (Å²) >= 11 is 0. The molecule has 2 rings (SSSR count). The molecular formula is C14H17N3. The normalized spacial score (nSPS) is 12.4. The lowest BCUT2D eigenvalue weighted by atomic mass is 10.1. The summed E-state index contributed by atoms with van der Waals surface area (Å²) in [5.74, 6) is 0. The summed E-state index contributed by atoms with van der Waals surface area (Å²) in [5.41, 5.74) is 9.27. The third kappa shape index (κ3) is 3.11. The Morgan fingerprint density at radius 1 is 1.18 bits per heavy atom. The molecule has 17 heavy (non-hydrogen) atoms. The summed E-state index contributed by atoms with van der Waals surface area (Å²) in [5, 5.41) is 0. The fraction of sp³-hybridized carbons (Fsp3) is 0.286. The van der Waals surface area contributed by atoms with Crippen LogP contribution >= 0.6 is 0 Å². The maximum atomic E-state index is 6.10. The summed E-state index contributed by atoms with van der Waals surface area (Å²) in [4.78, 5) is 8.66. The number of aryl methyl sites for hydroxylation is 1. The van der Waals surface area contributed by atoms with E-state index in [2.05, 4.69) is 23.0 Å². The Morgan fingerprint density at radius 2 is 2.06 bits per heavy atom. The molecule has 0 fully saturated rings. The zero-order chi connectivity index (χ0) is 12.1. The van der Waals surface area contributed by atoms with Crippen molar-refractivity contribution in [2.75, 3.05) is 0 Å². The van der Waals surface area contributed by atoms with Crippen LogP contribution in [0.1, 0.15) is 29.9 Å². The molecule has 0 aliphatic heterocycles. The van der Waals surface area contributed by atoms with E-state index in [1.165, 1.54) is 5.56 Å². The molecule has 1 unspecified atom stereocenters. The molecule has 88 valence electrons. The average molecular weight is 227 g/mol. The maximum absolute atomic E-state index is 6.10. The van der Waals surface area contributed by atoms with E-state index in [1.807, 2.05) is 30.5 Å². The first-order valence-electron chi connectivity index (χ1n) is 5.90. The lowest BCUT2D eigenvalue weighted by molar-refractivity contribution is 0.683. The van der Waals surface area contributed by atoms with E-state index in [4.69, 9.17) is 5.73 Å². The number of nitrogens with two attached hydrogens (primary N) is 1. The molecule has 0 bridgehead atoms. The van der Waals surface area contributed by atoms with Gasteiger partial charge in [-0.1, -0.05) is 19.1 Å². The Labute approximate surface area is 102 Å². The van der Waals surface area contributed by atoms with E-state index in [1.54, 1.807) is 6.20 Å². The first-order valence-corrected chi connectivity index (χ1v) is 5.90. The molecule has 2 N–H and O–H groups in total. The number of hydrogen-bond donors (Lipinski definition) is 1. The van der Waals surface area contributed by atoms with Gasteiger partial charge >= 0.3 is 0 Å². The molecule has 0 spiro atoms. The standard InChI is InChI=1S/C14H17N3/c1-2-11-6-7-12(17-10-11)9-13(15)14-5-3-4-8-16-14/h3-8,10,13H,2,9,15H2,1H3. The third-order valence-electron chi connectivity index (χ3n) is 2.79. The van der Waals surface area contributed by atoms with Gasteiger partial charge in [0.25, 0.3) is 0 Å². The monoisotopic (exact) mass is 227 g/mol. The second-order valence-corrected chi connectivity index (χ2v) is 4.08. The zero-order valence-corrected chi connectivity index (χ0v) is 10.0. The number of nitrogens with zero attached hydrogens (tertiary/aromatic N) is 2. The van der Waals surface area contributed by atoms with Crippen molar-refractivity contribution in [3.05, 3.63) is 59.7 Å². The highest BCUT2D eigenvalue weighted by Gasteiger charge is 2.08. The Kier molecular flexibility index (Phi) is 3.83. The number of aromatic nitrogens is 2. The second-order valence-electron chi connectivity index (χ2n) is 4.08. The maximum Gasteiger partial charge on any atom is 0.0574 e. The Bertz CT molecular complexity index is 451. The predicted octanol–water partition coefficient (Wildman–Crippen LogP) is 2.28. The molecule has 0 amide bonds. The van der Waals surface area contributed by atoms with Gasteiger partial charge in [0, 0.05) is 24.5 Å². The van der Waals surface area contributed by atoms with E-state index in [0.29, 0.717) is 0 Å². The number of rotatable bonds is 4. The third-order valence-corrected chi connectivity index (χ3v) is 2.79. The van der Waals surface area contributed by atoms with Gasteiger partial charge in [0.1, 0.15) is 0 Å². The first kappa shape index (κ1) is 11.7. The van der Waals surface area contributed by atoms with Crippen LogP contribution in [0.2, 0.25) is 0 Å². The van der Waals surface area contributed by atoms with Crippen LogP contribution in [0, 0.1) is 0 Å². The van der Waals surface area contributed by atoms with Gasteiger partial charge in [0.05, 0.1) is 11.7 Å². The average Bonchev–Trinajstić information content (AvgIpc) is 2.40. The largest absolute Gasteiger partial charge is 0.322 e. The van der Waals surface area contributed by atoms with Crippen LogP contribution in [-0.4, -0.2) is 9.97 Å². The van der Waals surface area contributed by atoms with Gasteiger partial charge in [-0.25, -0.2) is 0 Å². The first-order chi connectivity index (χ1) is 8.29. The fourth-order valence-electron chi connectivity index (χ4n) is 1.71. The van der Waals surface area contributed by atoms with Crippen molar-refractivity contribution in [1.82, 2.24) is 9.97 Å². The van der Waals surface area contributed by atoms with Crippen molar-refractivity contribution in [1.29, 1.82) is 0 Å². The van der Waals surface area contributed by atoms with Gasteiger partial charge in [0.15, 0.2) is 0 Å². The lowest BCUT2D eigenvalue weighted by Gasteiger charge is -2.10. The van der Waals surface area contributed by atoms with Crippen molar-refractivity contribution in [3.8, 4) is 0 Å². The van der Waals surface area contributed by atoms with Gasteiger partial charge in [-0.2, -0.15) is 0 Å². The van der Waals surface area contributed by atoms with Gasteiger partial charge in [-0.05, 0) is 30.2 Å². The van der Waals surface area contributed by atoms with Gasteiger partial charge in [-0.3, -0.25) is 9.97 Å². The zero-order valence-electron chi connectivity index (χ0n) is 10.0. The topological polar surface area (TPSA) is 51.8 Å². The minimum Gasteiger partial charge on any atom is -0.322 e.